The lowest BCUT2D eigenvalue weighted by Crippen LogP contribution is -2.17. The van der Waals surface area contributed by atoms with Gasteiger partial charge < -0.3 is 20.1 Å². The zero-order valence-electron chi connectivity index (χ0n) is 14.3. The molecule has 0 aromatic heterocycles. The van der Waals surface area contributed by atoms with Crippen molar-refractivity contribution in [2.24, 2.45) is 0 Å². The molecule has 0 atom stereocenters. The molecule has 134 valence electrons. The summed E-state index contributed by atoms with van der Waals surface area (Å²) in [6.07, 6.45) is 0.264. The van der Waals surface area contributed by atoms with Gasteiger partial charge in [-0.2, -0.15) is 0 Å². The number of aryl methyl sites for hydroxylation is 1. The molecule has 0 saturated heterocycles. The van der Waals surface area contributed by atoms with E-state index < -0.39 is 0 Å². The standard InChI is InChI=1S/C18H20Cl2N2O3/c1-11-8-15(17(25-3)10-13(11)20)22-18(23)6-7-21-14-9-12(19)4-5-16(14)24-2/h4-5,8-10,21H,6-7H2,1-3H3,(H,22,23). The van der Waals surface area contributed by atoms with Crippen LogP contribution in [0.4, 0.5) is 11.4 Å². The fraction of sp³-hybridized carbons (Fsp3) is 0.278. The van der Waals surface area contributed by atoms with Crippen LogP contribution in [0, 0.1) is 6.92 Å². The van der Waals surface area contributed by atoms with Crippen LogP contribution in [-0.2, 0) is 4.79 Å². The molecule has 0 heterocycles. The molecule has 0 aliphatic carbocycles. The van der Waals surface area contributed by atoms with Crippen LogP contribution in [0.1, 0.15) is 12.0 Å². The van der Waals surface area contributed by atoms with Gasteiger partial charge in [-0.1, -0.05) is 23.2 Å². The maximum atomic E-state index is 12.2. The van der Waals surface area contributed by atoms with Gasteiger partial charge in [-0.05, 0) is 36.8 Å². The minimum absolute atomic E-state index is 0.145. The summed E-state index contributed by atoms with van der Waals surface area (Å²) in [5.74, 6) is 1.04. The summed E-state index contributed by atoms with van der Waals surface area (Å²) in [7, 11) is 3.11. The topological polar surface area (TPSA) is 59.6 Å². The first-order valence-corrected chi connectivity index (χ1v) is 8.41. The molecule has 1 amide bonds. The van der Waals surface area contributed by atoms with Crippen molar-refractivity contribution in [2.75, 3.05) is 31.4 Å². The average Bonchev–Trinajstić information content (AvgIpc) is 2.58. The number of hydrogen-bond donors (Lipinski definition) is 2. The van der Waals surface area contributed by atoms with Crippen molar-refractivity contribution in [2.45, 2.75) is 13.3 Å². The predicted molar refractivity (Wildman–Crippen MR) is 102 cm³/mol. The molecule has 2 aromatic rings. The zero-order chi connectivity index (χ0) is 18.4. The second-order valence-electron chi connectivity index (χ2n) is 5.37. The molecule has 2 rings (SSSR count). The molecule has 0 bridgehead atoms. The van der Waals surface area contributed by atoms with Gasteiger partial charge in [0, 0.05) is 29.1 Å². The van der Waals surface area contributed by atoms with E-state index in [1.165, 1.54) is 7.11 Å². The van der Waals surface area contributed by atoms with Gasteiger partial charge in [-0.15, -0.1) is 0 Å². The highest BCUT2D eigenvalue weighted by molar-refractivity contribution is 6.31. The third kappa shape index (κ3) is 5.18. The number of nitrogens with one attached hydrogen (secondary N) is 2. The van der Waals surface area contributed by atoms with Gasteiger partial charge in [0.15, 0.2) is 0 Å². The minimum atomic E-state index is -0.145. The van der Waals surface area contributed by atoms with Crippen molar-refractivity contribution >= 4 is 40.5 Å². The fourth-order valence-corrected chi connectivity index (χ4v) is 2.60. The van der Waals surface area contributed by atoms with E-state index in [9.17, 15) is 4.79 Å². The molecule has 5 nitrogen and oxygen atoms in total. The molecule has 0 saturated carbocycles. The van der Waals surface area contributed by atoms with Gasteiger partial charge in [-0.3, -0.25) is 4.79 Å². The molecular weight excluding hydrogens is 363 g/mol. The Morgan fingerprint density at radius 2 is 1.76 bits per heavy atom. The summed E-state index contributed by atoms with van der Waals surface area (Å²) in [5.41, 5.74) is 2.19. The van der Waals surface area contributed by atoms with Crippen molar-refractivity contribution in [1.29, 1.82) is 0 Å². The molecule has 0 aliphatic heterocycles. The van der Waals surface area contributed by atoms with E-state index in [1.807, 2.05) is 6.92 Å². The number of hydrogen-bond acceptors (Lipinski definition) is 4. The molecule has 0 aliphatic rings. The van der Waals surface area contributed by atoms with E-state index in [4.69, 9.17) is 32.7 Å². The number of carbonyl (C=O) groups is 1. The van der Waals surface area contributed by atoms with Crippen molar-refractivity contribution in [3.63, 3.8) is 0 Å². The summed E-state index contributed by atoms with van der Waals surface area (Å²) in [6.45, 7) is 2.29. The lowest BCUT2D eigenvalue weighted by molar-refractivity contribution is -0.116. The Labute approximate surface area is 157 Å². The molecule has 2 aromatic carbocycles. The number of carbonyl (C=O) groups excluding carboxylic acids is 1. The number of ether oxygens (including phenoxy) is 2. The van der Waals surface area contributed by atoms with Crippen LogP contribution in [-0.4, -0.2) is 26.7 Å². The van der Waals surface area contributed by atoms with Gasteiger partial charge in [0.2, 0.25) is 5.91 Å². The third-order valence-corrected chi connectivity index (χ3v) is 4.23. The fourth-order valence-electron chi connectivity index (χ4n) is 2.27. The molecule has 7 heteroatoms. The van der Waals surface area contributed by atoms with E-state index in [0.29, 0.717) is 33.8 Å². The number of anilines is 2. The maximum absolute atomic E-state index is 12.2. The summed E-state index contributed by atoms with van der Waals surface area (Å²) in [5, 5.41) is 7.16. The molecule has 25 heavy (non-hydrogen) atoms. The quantitative estimate of drug-likeness (QED) is 0.724. The number of amides is 1. The molecule has 0 fully saturated rings. The second-order valence-corrected chi connectivity index (χ2v) is 6.21. The Balaban J connectivity index is 1.96. The lowest BCUT2D eigenvalue weighted by Gasteiger charge is -2.13. The van der Waals surface area contributed by atoms with E-state index in [-0.39, 0.29) is 12.3 Å². The molecular formula is C18H20Cl2N2O3. The highest BCUT2D eigenvalue weighted by Crippen LogP contribution is 2.31. The Bertz CT molecular complexity index is 766. The lowest BCUT2D eigenvalue weighted by atomic mass is 10.2. The first-order valence-electron chi connectivity index (χ1n) is 7.66. The van der Waals surface area contributed by atoms with Crippen LogP contribution in [0.15, 0.2) is 30.3 Å². The highest BCUT2D eigenvalue weighted by atomic mass is 35.5. The van der Waals surface area contributed by atoms with Crippen molar-refractivity contribution < 1.29 is 14.3 Å². The van der Waals surface area contributed by atoms with Gasteiger partial charge >= 0.3 is 0 Å². The number of methoxy groups -OCH3 is 2. The second kappa shape index (κ2) is 8.83. The van der Waals surface area contributed by atoms with Gasteiger partial charge in [0.1, 0.15) is 11.5 Å². The highest BCUT2D eigenvalue weighted by Gasteiger charge is 2.11. The summed E-state index contributed by atoms with van der Waals surface area (Å²) >= 11 is 12.1. The minimum Gasteiger partial charge on any atom is -0.495 e. The molecule has 0 radical (unpaired) electrons. The summed E-state index contributed by atoms with van der Waals surface area (Å²) in [4.78, 5) is 12.2. The van der Waals surface area contributed by atoms with Crippen LogP contribution in [0.3, 0.4) is 0 Å². The third-order valence-electron chi connectivity index (χ3n) is 3.58. The van der Waals surface area contributed by atoms with E-state index in [1.54, 1.807) is 37.4 Å². The normalized spacial score (nSPS) is 10.3. The van der Waals surface area contributed by atoms with Crippen LogP contribution >= 0.6 is 23.2 Å². The number of halogens is 2. The predicted octanol–water partition coefficient (Wildman–Crippen LogP) is 4.76. The Morgan fingerprint density at radius 3 is 2.44 bits per heavy atom. The Morgan fingerprint density at radius 1 is 1.04 bits per heavy atom. The Kier molecular flexibility index (Phi) is 6.79. The van der Waals surface area contributed by atoms with Crippen LogP contribution in [0.2, 0.25) is 10.0 Å². The van der Waals surface area contributed by atoms with Gasteiger partial charge in [0.05, 0.1) is 25.6 Å². The van der Waals surface area contributed by atoms with Crippen molar-refractivity contribution in [1.82, 2.24) is 0 Å². The van der Waals surface area contributed by atoms with Gasteiger partial charge in [-0.25, -0.2) is 0 Å². The zero-order valence-corrected chi connectivity index (χ0v) is 15.8. The van der Waals surface area contributed by atoms with E-state index in [0.717, 1.165) is 11.3 Å². The SMILES string of the molecule is COc1ccc(Cl)cc1NCCC(=O)Nc1cc(C)c(Cl)cc1OC. The van der Waals surface area contributed by atoms with Crippen LogP contribution in [0.5, 0.6) is 11.5 Å². The molecule has 0 unspecified atom stereocenters. The van der Waals surface area contributed by atoms with Crippen LogP contribution < -0.4 is 20.1 Å². The van der Waals surface area contributed by atoms with Crippen LogP contribution in [0.25, 0.3) is 0 Å². The molecule has 0 spiro atoms. The van der Waals surface area contributed by atoms with E-state index >= 15 is 0 Å². The largest absolute Gasteiger partial charge is 0.495 e. The summed E-state index contributed by atoms with van der Waals surface area (Å²) in [6, 6.07) is 8.73. The van der Waals surface area contributed by atoms with Crippen molar-refractivity contribution in [3.05, 3.63) is 45.9 Å². The Hall–Kier alpha value is -2.11. The van der Waals surface area contributed by atoms with Crippen molar-refractivity contribution in [3.8, 4) is 11.5 Å². The maximum Gasteiger partial charge on any atom is 0.226 e. The van der Waals surface area contributed by atoms with Gasteiger partial charge in [0.25, 0.3) is 0 Å². The summed E-state index contributed by atoms with van der Waals surface area (Å²) < 4.78 is 10.5. The first-order chi connectivity index (χ1) is 11.9. The molecule has 2 N–H and O–H groups in total. The average molecular weight is 383 g/mol. The number of benzene rings is 2. The first kappa shape index (κ1) is 19.2. The monoisotopic (exact) mass is 382 g/mol. The smallest absolute Gasteiger partial charge is 0.226 e. The number of rotatable bonds is 7. The van der Waals surface area contributed by atoms with E-state index in [2.05, 4.69) is 10.6 Å².